The highest BCUT2D eigenvalue weighted by molar-refractivity contribution is 5.29. The molecule has 0 radical (unpaired) electrons. The molecule has 0 fully saturated rings. The van der Waals surface area contributed by atoms with E-state index in [1.54, 1.807) is 7.11 Å². The van der Waals surface area contributed by atoms with Gasteiger partial charge in [0.15, 0.2) is 0 Å². The molecule has 5 heteroatoms. The maximum atomic E-state index is 5.85. The highest BCUT2D eigenvalue weighted by atomic mass is 16.5. The Balaban J connectivity index is 2.07. The van der Waals surface area contributed by atoms with E-state index < -0.39 is 0 Å². The molecule has 21 heavy (non-hydrogen) atoms. The summed E-state index contributed by atoms with van der Waals surface area (Å²) in [5.41, 5.74) is 2.72. The summed E-state index contributed by atoms with van der Waals surface area (Å²) in [4.78, 5) is 8.86. The van der Waals surface area contributed by atoms with Crippen LogP contribution in [0.1, 0.15) is 24.0 Å². The van der Waals surface area contributed by atoms with E-state index in [-0.39, 0.29) is 0 Å². The Morgan fingerprint density at radius 2 is 2.00 bits per heavy atom. The van der Waals surface area contributed by atoms with Crippen molar-refractivity contribution in [3.63, 3.8) is 0 Å². The Hall–Kier alpha value is -2.14. The number of rotatable bonds is 7. The first-order valence-corrected chi connectivity index (χ1v) is 7.03. The predicted molar refractivity (Wildman–Crippen MR) is 81.5 cm³/mol. The highest BCUT2D eigenvalue weighted by Crippen LogP contribution is 2.18. The minimum Gasteiger partial charge on any atom is -0.485 e. The third-order valence-corrected chi connectivity index (χ3v) is 2.98. The topological polar surface area (TPSA) is 56.3 Å². The molecule has 2 aromatic rings. The van der Waals surface area contributed by atoms with Gasteiger partial charge < -0.3 is 14.8 Å². The fourth-order valence-electron chi connectivity index (χ4n) is 1.90. The fraction of sp³-hybridized carbons (Fsp3) is 0.375. The second-order valence-corrected chi connectivity index (χ2v) is 4.64. The van der Waals surface area contributed by atoms with Crippen LogP contribution in [-0.2, 0) is 13.2 Å². The number of methoxy groups -OCH3 is 1. The van der Waals surface area contributed by atoms with Crippen molar-refractivity contribution in [3.05, 3.63) is 47.4 Å². The van der Waals surface area contributed by atoms with Crippen LogP contribution < -0.4 is 14.8 Å². The maximum Gasteiger partial charge on any atom is 0.213 e. The number of aryl methyl sites for hydroxylation is 1. The average molecular weight is 287 g/mol. The summed E-state index contributed by atoms with van der Waals surface area (Å²) >= 11 is 0. The molecule has 5 nitrogen and oxygen atoms in total. The fourth-order valence-corrected chi connectivity index (χ4v) is 1.90. The predicted octanol–water partition coefficient (Wildman–Crippen LogP) is 2.48. The van der Waals surface area contributed by atoms with Crippen LogP contribution in [0.25, 0.3) is 0 Å². The molecular formula is C16H21N3O2. The lowest BCUT2D eigenvalue weighted by atomic mass is 10.2. The lowest BCUT2D eigenvalue weighted by Crippen LogP contribution is -2.14. The normalized spacial score (nSPS) is 10.4. The third-order valence-electron chi connectivity index (χ3n) is 2.98. The molecule has 0 saturated heterocycles. The first-order valence-electron chi connectivity index (χ1n) is 7.03. The quantitative estimate of drug-likeness (QED) is 0.848. The Bertz CT molecular complexity index is 587. The van der Waals surface area contributed by atoms with Crippen molar-refractivity contribution in [2.45, 2.75) is 27.0 Å². The first kappa shape index (κ1) is 15.3. The maximum absolute atomic E-state index is 5.85. The van der Waals surface area contributed by atoms with E-state index in [2.05, 4.69) is 22.2 Å². The monoisotopic (exact) mass is 287 g/mol. The minimum absolute atomic E-state index is 0.390. The van der Waals surface area contributed by atoms with Gasteiger partial charge in [-0.05, 0) is 31.7 Å². The summed E-state index contributed by atoms with van der Waals surface area (Å²) in [5.74, 6) is 1.37. The molecule has 0 bridgehead atoms. The summed E-state index contributed by atoms with van der Waals surface area (Å²) in [7, 11) is 1.60. The standard InChI is InChI=1S/C16H21N3O2/c1-4-17-10-14-15(9-8-12(2)18-14)21-11-13-6-5-7-16(19-13)20-3/h5-9,17H,4,10-11H2,1-3H3. The molecule has 0 unspecified atom stereocenters. The molecular weight excluding hydrogens is 266 g/mol. The van der Waals surface area contributed by atoms with Gasteiger partial charge in [0.05, 0.1) is 18.5 Å². The van der Waals surface area contributed by atoms with Gasteiger partial charge >= 0.3 is 0 Å². The molecule has 2 rings (SSSR count). The summed E-state index contributed by atoms with van der Waals surface area (Å²) in [6.07, 6.45) is 0. The summed E-state index contributed by atoms with van der Waals surface area (Å²) in [5, 5.41) is 3.27. The molecule has 0 aromatic carbocycles. The van der Waals surface area contributed by atoms with E-state index in [0.717, 1.165) is 29.4 Å². The van der Waals surface area contributed by atoms with Gasteiger partial charge in [0.25, 0.3) is 0 Å². The minimum atomic E-state index is 0.390. The number of hydrogen-bond acceptors (Lipinski definition) is 5. The molecule has 2 aromatic heterocycles. The van der Waals surface area contributed by atoms with Crippen LogP contribution in [0.3, 0.4) is 0 Å². The largest absolute Gasteiger partial charge is 0.485 e. The zero-order chi connectivity index (χ0) is 15.1. The van der Waals surface area contributed by atoms with Crippen LogP contribution in [0.5, 0.6) is 11.6 Å². The first-order chi connectivity index (χ1) is 10.2. The molecule has 112 valence electrons. The van der Waals surface area contributed by atoms with Crippen LogP contribution in [-0.4, -0.2) is 23.6 Å². The van der Waals surface area contributed by atoms with Crippen molar-refractivity contribution in [1.82, 2.24) is 15.3 Å². The van der Waals surface area contributed by atoms with E-state index in [1.807, 2.05) is 37.3 Å². The Morgan fingerprint density at radius 3 is 2.76 bits per heavy atom. The SMILES string of the molecule is CCNCc1nc(C)ccc1OCc1cccc(OC)n1. The number of hydrogen-bond donors (Lipinski definition) is 1. The second-order valence-electron chi connectivity index (χ2n) is 4.64. The smallest absolute Gasteiger partial charge is 0.213 e. The molecule has 0 saturated carbocycles. The van der Waals surface area contributed by atoms with Gasteiger partial charge in [-0.1, -0.05) is 13.0 Å². The molecule has 2 heterocycles. The van der Waals surface area contributed by atoms with Gasteiger partial charge in [0.2, 0.25) is 5.88 Å². The van der Waals surface area contributed by atoms with E-state index in [4.69, 9.17) is 9.47 Å². The number of nitrogens with one attached hydrogen (secondary N) is 1. The number of aromatic nitrogens is 2. The van der Waals surface area contributed by atoms with E-state index in [1.165, 1.54) is 0 Å². The zero-order valence-corrected chi connectivity index (χ0v) is 12.7. The molecule has 0 aliphatic carbocycles. The molecule has 0 amide bonds. The highest BCUT2D eigenvalue weighted by Gasteiger charge is 2.07. The average Bonchev–Trinajstić information content (AvgIpc) is 2.52. The van der Waals surface area contributed by atoms with E-state index >= 15 is 0 Å². The van der Waals surface area contributed by atoms with E-state index in [9.17, 15) is 0 Å². The van der Waals surface area contributed by atoms with Crippen LogP contribution in [0, 0.1) is 6.92 Å². The lowest BCUT2D eigenvalue weighted by Gasteiger charge is -2.12. The van der Waals surface area contributed by atoms with Crippen LogP contribution >= 0.6 is 0 Å². The number of pyridine rings is 2. The number of nitrogens with zero attached hydrogens (tertiary/aromatic N) is 2. The van der Waals surface area contributed by atoms with Crippen molar-refractivity contribution < 1.29 is 9.47 Å². The van der Waals surface area contributed by atoms with Gasteiger partial charge in [0, 0.05) is 18.3 Å². The van der Waals surface area contributed by atoms with Crippen molar-refractivity contribution in [2.24, 2.45) is 0 Å². The van der Waals surface area contributed by atoms with Gasteiger partial charge in [-0.3, -0.25) is 4.98 Å². The summed E-state index contributed by atoms with van der Waals surface area (Å²) < 4.78 is 11.0. The van der Waals surface area contributed by atoms with Gasteiger partial charge in [-0.25, -0.2) is 4.98 Å². The Morgan fingerprint density at radius 1 is 1.14 bits per heavy atom. The lowest BCUT2D eigenvalue weighted by molar-refractivity contribution is 0.292. The van der Waals surface area contributed by atoms with Crippen molar-refractivity contribution >= 4 is 0 Å². The van der Waals surface area contributed by atoms with Gasteiger partial charge in [-0.2, -0.15) is 0 Å². The Kier molecular flexibility index (Phi) is 5.51. The molecule has 1 N–H and O–H groups in total. The molecule has 0 spiro atoms. The molecule has 0 aliphatic heterocycles. The van der Waals surface area contributed by atoms with Crippen molar-refractivity contribution in [2.75, 3.05) is 13.7 Å². The van der Waals surface area contributed by atoms with Crippen LogP contribution in [0.15, 0.2) is 30.3 Å². The van der Waals surface area contributed by atoms with Gasteiger partial charge in [-0.15, -0.1) is 0 Å². The zero-order valence-electron chi connectivity index (χ0n) is 12.7. The van der Waals surface area contributed by atoms with Gasteiger partial charge in [0.1, 0.15) is 12.4 Å². The van der Waals surface area contributed by atoms with Crippen molar-refractivity contribution in [1.29, 1.82) is 0 Å². The third kappa shape index (κ3) is 4.43. The second kappa shape index (κ2) is 7.59. The molecule has 0 aliphatic rings. The number of ether oxygens (including phenoxy) is 2. The molecule has 0 atom stereocenters. The van der Waals surface area contributed by atoms with Crippen molar-refractivity contribution in [3.8, 4) is 11.6 Å². The van der Waals surface area contributed by atoms with Crippen LogP contribution in [0.4, 0.5) is 0 Å². The Labute approximate surface area is 125 Å². The van der Waals surface area contributed by atoms with Crippen LogP contribution in [0.2, 0.25) is 0 Å². The summed E-state index contributed by atoms with van der Waals surface area (Å²) in [6, 6.07) is 9.53. The van der Waals surface area contributed by atoms with E-state index in [0.29, 0.717) is 19.0 Å². The summed E-state index contributed by atoms with van der Waals surface area (Å²) in [6.45, 7) is 6.02.